The number of nitrogens with zero attached hydrogens (tertiary/aromatic N) is 1. The number of hydrogen-bond acceptors (Lipinski definition) is 4. The van der Waals surface area contributed by atoms with Gasteiger partial charge < -0.3 is 16.0 Å². The summed E-state index contributed by atoms with van der Waals surface area (Å²) in [6, 6.07) is -0.115. The van der Waals surface area contributed by atoms with E-state index in [1.807, 2.05) is 14.0 Å². The van der Waals surface area contributed by atoms with Crippen molar-refractivity contribution in [2.24, 2.45) is 16.9 Å². The summed E-state index contributed by atoms with van der Waals surface area (Å²) < 4.78 is 0. The van der Waals surface area contributed by atoms with Crippen molar-refractivity contribution in [2.45, 2.75) is 45.1 Å². The second-order valence-electron chi connectivity index (χ2n) is 5.74. The van der Waals surface area contributed by atoms with Crippen LogP contribution in [0.15, 0.2) is 5.10 Å². The minimum Gasteiger partial charge on any atom is -0.359 e. The Kier molecular flexibility index (Phi) is 8.50. The molecule has 1 rings (SSSR count). The highest BCUT2D eigenvalue weighted by Crippen LogP contribution is 2.28. The van der Waals surface area contributed by atoms with Gasteiger partial charge in [0.15, 0.2) is 0 Å². The van der Waals surface area contributed by atoms with Gasteiger partial charge in [-0.15, -0.1) is 0 Å². The molecule has 0 saturated heterocycles. The van der Waals surface area contributed by atoms with Gasteiger partial charge in [-0.1, -0.05) is 6.92 Å². The first-order valence-electron chi connectivity index (χ1n) is 8.06. The zero-order valence-electron chi connectivity index (χ0n) is 13.8. The molecular formula is C15H29N5O2. The highest BCUT2D eigenvalue weighted by Gasteiger charge is 2.25. The number of hydrogen-bond donors (Lipinski definition) is 4. The Hall–Kier alpha value is -1.63. The van der Waals surface area contributed by atoms with Crippen LogP contribution < -0.4 is 21.4 Å². The van der Waals surface area contributed by atoms with E-state index in [0.29, 0.717) is 12.5 Å². The van der Waals surface area contributed by atoms with E-state index < -0.39 is 0 Å². The van der Waals surface area contributed by atoms with Crippen molar-refractivity contribution >= 4 is 18.2 Å². The van der Waals surface area contributed by atoms with E-state index in [1.54, 1.807) is 13.3 Å². The molecule has 3 amide bonds. The number of carbonyl (C=O) groups excluding carboxylic acids is 2. The van der Waals surface area contributed by atoms with Crippen LogP contribution in [0.5, 0.6) is 0 Å². The predicted octanol–water partition coefficient (Wildman–Crippen LogP) is 0.822. The molecule has 0 aliphatic heterocycles. The van der Waals surface area contributed by atoms with Crippen LogP contribution in [0.3, 0.4) is 0 Å². The fraction of sp³-hybridized carbons (Fsp3) is 0.800. The monoisotopic (exact) mass is 311 g/mol. The molecule has 7 nitrogen and oxygen atoms in total. The molecule has 126 valence electrons. The Bertz CT molecular complexity index is 374. The maximum absolute atomic E-state index is 11.6. The van der Waals surface area contributed by atoms with E-state index in [1.165, 1.54) is 0 Å². The van der Waals surface area contributed by atoms with Crippen LogP contribution in [0.25, 0.3) is 0 Å². The van der Waals surface area contributed by atoms with Gasteiger partial charge in [0, 0.05) is 31.8 Å². The summed E-state index contributed by atoms with van der Waals surface area (Å²) in [7, 11) is 3.54. The van der Waals surface area contributed by atoms with Gasteiger partial charge in [0.05, 0.1) is 0 Å². The van der Waals surface area contributed by atoms with Crippen molar-refractivity contribution in [3.63, 3.8) is 0 Å². The van der Waals surface area contributed by atoms with Crippen LogP contribution >= 0.6 is 0 Å². The summed E-state index contributed by atoms with van der Waals surface area (Å²) in [5.74, 6) is 0.706. The Balaban J connectivity index is 2.19. The van der Waals surface area contributed by atoms with Crippen molar-refractivity contribution in [1.29, 1.82) is 0 Å². The second-order valence-corrected chi connectivity index (χ2v) is 5.74. The van der Waals surface area contributed by atoms with E-state index in [-0.39, 0.29) is 23.9 Å². The van der Waals surface area contributed by atoms with Crippen molar-refractivity contribution in [2.75, 3.05) is 20.6 Å². The zero-order valence-corrected chi connectivity index (χ0v) is 13.8. The third-order valence-electron chi connectivity index (χ3n) is 4.25. The van der Waals surface area contributed by atoms with Crippen LogP contribution in [-0.4, -0.2) is 44.8 Å². The molecule has 1 atom stereocenters. The van der Waals surface area contributed by atoms with Gasteiger partial charge in [0.25, 0.3) is 0 Å². The topological polar surface area (TPSA) is 94.6 Å². The molecule has 0 heterocycles. The number of nitrogens with one attached hydrogen (secondary N) is 4. The lowest BCUT2D eigenvalue weighted by Crippen LogP contribution is -2.38. The minimum absolute atomic E-state index is 0.132. The first-order valence-corrected chi connectivity index (χ1v) is 8.06. The summed E-state index contributed by atoms with van der Waals surface area (Å²) in [5, 5.41) is 12.5. The Morgan fingerprint density at radius 3 is 2.45 bits per heavy atom. The zero-order chi connectivity index (χ0) is 16.4. The molecule has 0 radical (unpaired) electrons. The molecular weight excluding hydrogens is 282 g/mol. The quantitative estimate of drug-likeness (QED) is 0.414. The van der Waals surface area contributed by atoms with E-state index in [4.69, 9.17) is 0 Å². The third-order valence-corrected chi connectivity index (χ3v) is 4.25. The first-order chi connectivity index (χ1) is 10.6. The van der Waals surface area contributed by atoms with Crippen LogP contribution in [-0.2, 0) is 4.79 Å². The van der Waals surface area contributed by atoms with Gasteiger partial charge in [0.2, 0.25) is 5.91 Å². The number of urea groups is 1. The fourth-order valence-corrected chi connectivity index (χ4v) is 2.68. The van der Waals surface area contributed by atoms with Gasteiger partial charge in [-0.05, 0) is 45.1 Å². The molecule has 4 N–H and O–H groups in total. The highest BCUT2D eigenvalue weighted by molar-refractivity contribution is 5.78. The summed E-state index contributed by atoms with van der Waals surface area (Å²) >= 11 is 0. The van der Waals surface area contributed by atoms with Crippen molar-refractivity contribution in [1.82, 2.24) is 21.4 Å². The molecule has 0 spiro atoms. The third kappa shape index (κ3) is 6.43. The summed E-state index contributed by atoms with van der Waals surface area (Å²) in [6.07, 6.45) is 6.34. The normalized spacial score (nSPS) is 23.0. The number of carbonyl (C=O) groups is 2. The number of rotatable bonds is 7. The maximum Gasteiger partial charge on any atom is 0.335 e. The van der Waals surface area contributed by atoms with E-state index in [9.17, 15) is 9.59 Å². The Labute approximate surface area is 132 Å². The van der Waals surface area contributed by atoms with Gasteiger partial charge >= 0.3 is 6.03 Å². The number of hydrazone groups is 1. The summed E-state index contributed by atoms with van der Waals surface area (Å²) in [4.78, 5) is 23.2. The smallest absolute Gasteiger partial charge is 0.335 e. The first kappa shape index (κ1) is 18.4. The Morgan fingerprint density at radius 2 is 1.91 bits per heavy atom. The van der Waals surface area contributed by atoms with Crippen molar-refractivity contribution in [3.8, 4) is 0 Å². The second kappa shape index (κ2) is 10.2. The van der Waals surface area contributed by atoms with Crippen LogP contribution in [0.4, 0.5) is 4.79 Å². The largest absolute Gasteiger partial charge is 0.359 e. The molecule has 7 heteroatoms. The predicted molar refractivity (Wildman–Crippen MR) is 87.7 cm³/mol. The minimum atomic E-state index is -0.282. The lowest BCUT2D eigenvalue weighted by atomic mass is 9.81. The molecule has 1 aliphatic carbocycles. The average molecular weight is 311 g/mol. The van der Waals surface area contributed by atoms with E-state index in [0.717, 1.165) is 32.1 Å². The lowest BCUT2D eigenvalue weighted by molar-refractivity contribution is -0.125. The molecule has 1 fully saturated rings. The molecule has 22 heavy (non-hydrogen) atoms. The van der Waals surface area contributed by atoms with Crippen molar-refractivity contribution in [3.05, 3.63) is 0 Å². The van der Waals surface area contributed by atoms with E-state index >= 15 is 0 Å². The maximum atomic E-state index is 11.6. The number of amides is 3. The SMILES string of the molecule is CC[C@@H](/C=N/NC(=O)NCC1CCC(C(=O)NC)CC1)NC. The molecule has 0 bridgehead atoms. The molecule has 1 aliphatic rings. The summed E-state index contributed by atoms with van der Waals surface area (Å²) in [6.45, 7) is 2.67. The van der Waals surface area contributed by atoms with Crippen molar-refractivity contribution < 1.29 is 9.59 Å². The molecule has 0 aromatic rings. The molecule has 1 saturated carbocycles. The average Bonchev–Trinajstić information content (AvgIpc) is 2.56. The molecule has 0 unspecified atom stereocenters. The Morgan fingerprint density at radius 1 is 1.23 bits per heavy atom. The summed E-state index contributed by atoms with van der Waals surface area (Å²) in [5.41, 5.74) is 2.47. The van der Waals surface area contributed by atoms with Crippen LogP contribution in [0.2, 0.25) is 0 Å². The van der Waals surface area contributed by atoms with E-state index in [2.05, 4.69) is 26.5 Å². The fourth-order valence-electron chi connectivity index (χ4n) is 2.68. The van der Waals surface area contributed by atoms with Crippen LogP contribution in [0.1, 0.15) is 39.0 Å². The van der Waals surface area contributed by atoms with Gasteiger partial charge in [-0.25, -0.2) is 10.2 Å². The van der Waals surface area contributed by atoms with Gasteiger partial charge in [0.1, 0.15) is 0 Å². The van der Waals surface area contributed by atoms with Crippen LogP contribution in [0, 0.1) is 11.8 Å². The van der Waals surface area contributed by atoms with Gasteiger partial charge in [-0.3, -0.25) is 4.79 Å². The highest BCUT2D eigenvalue weighted by atomic mass is 16.2. The molecule has 0 aromatic carbocycles. The lowest BCUT2D eigenvalue weighted by Gasteiger charge is -2.27. The molecule has 0 aromatic heterocycles. The standard InChI is InChI=1S/C15H29N5O2/c1-4-13(16-2)10-19-20-15(22)18-9-11-5-7-12(8-6-11)14(21)17-3/h10-13,16H,4-9H2,1-3H3,(H,17,21)(H2,18,20,22)/b19-10+/t11?,12?,13-/m0/s1. The van der Waals surface area contributed by atoms with Gasteiger partial charge in [-0.2, -0.15) is 5.10 Å².